The molecule has 128 valence electrons. The number of nitrogens with one attached hydrogen (secondary N) is 1. The topological polar surface area (TPSA) is 99.8 Å². The highest BCUT2D eigenvalue weighted by Crippen LogP contribution is 2.34. The van der Waals surface area contributed by atoms with Crippen molar-refractivity contribution < 1.29 is 19.4 Å². The van der Waals surface area contributed by atoms with E-state index in [4.69, 9.17) is 4.42 Å². The number of carbonyl (C=O) groups is 1. The largest absolute Gasteiger partial charge is 0.504 e. The van der Waals surface area contributed by atoms with Crippen LogP contribution in [-0.4, -0.2) is 16.1 Å². The molecule has 3 aromatic rings. The van der Waals surface area contributed by atoms with Crippen LogP contribution in [0.15, 0.2) is 50.1 Å². The average molecular weight is 404 g/mol. The first-order valence-corrected chi connectivity index (χ1v) is 8.18. The van der Waals surface area contributed by atoms with Gasteiger partial charge in [-0.15, -0.1) is 0 Å². The van der Waals surface area contributed by atoms with Crippen LogP contribution in [0, 0.1) is 6.92 Å². The lowest BCUT2D eigenvalue weighted by atomic mass is 10.0. The first-order valence-electron chi connectivity index (χ1n) is 7.39. The van der Waals surface area contributed by atoms with Crippen molar-refractivity contribution in [2.24, 2.45) is 0 Å². The van der Waals surface area contributed by atoms with Gasteiger partial charge in [0, 0.05) is 15.5 Å². The summed E-state index contributed by atoms with van der Waals surface area (Å²) in [7, 11) is 0. The second kappa shape index (κ2) is 6.60. The van der Waals surface area contributed by atoms with Crippen molar-refractivity contribution in [2.45, 2.75) is 13.3 Å². The summed E-state index contributed by atoms with van der Waals surface area (Å²) in [5.41, 5.74) is 0.495. The molecule has 0 fully saturated rings. The fraction of sp³-hybridized carbons (Fsp3) is 0.111. The van der Waals surface area contributed by atoms with Crippen molar-refractivity contribution in [2.75, 3.05) is 5.32 Å². The third-order valence-electron chi connectivity index (χ3n) is 3.85. The Morgan fingerprint density at radius 2 is 2.00 bits per heavy atom. The molecular weight excluding hydrogens is 390 g/mol. The molecule has 0 radical (unpaired) electrons. The second-order valence-corrected chi connectivity index (χ2v) is 6.45. The number of benzene rings is 2. The van der Waals surface area contributed by atoms with E-state index in [9.17, 15) is 19.8 Å². The maximum absolute atomic E-state index is 12.3. The first-order chi connectivity index (χ1) is 11.9. The zero-order chi connectivity index (χ0) is 18.1. The minimum atomic E-state index is -0.727. The Bertz CT molecular complexity index is 1040. The summed E-state index contributed by atoms with van der Waals surface area (Å²) in [5.74, 6) is -1.24. The Balaban J connectivity index is 1.95. The molecule has 7 heteroatoms. The molecule has 2 aromatic carbocycles. The summed E-state index contributed by atoms with van der Waals surface area (Å²) in [6.45, 7) is 1.66. The summed E-state index contributed by atoms with van der Waals surface area (Å²) in [5, 5.41) is 22.5. The smallest absolute Gasteiger partial charge is 0.340 e. The van der Waals surface area contributed by atoms with Crippen LogP contribution in [0.5, 0.6) is 11.5 Å². The van der Waals surface area contributed by atoms with Crippen molar-refractivity contribution in [3.63, 3.8) is 0 Å². The molecule has 0 saturated heterocycles. The molecule has 0 aliphatic heterocycles. The van der Waals surface area contributed by atoms with Crippen LogP contribution >= 0.6 is 15.9 Å². The zero-order valence-electron chi connectivity index (χ0n) is 13.2. The van der Waals surface area contributed by atoms with Crippen molar-refractivity contribution in [3.8, 4) is 11.5 Å². The van der Waals surface area contributed by atoms with Gasteiger partial charge in [-0.3, -0.25) is 4.79 Å². The lowest BCUT2D eigenvalue weighted by Crippen LogP contribution is -2.20. The minimum absolute atomic E-state index is 0.0985. The van der Waals surface area contributed by atoms with Crippen molar-refractivity contribution in [1.82, 2.24) is 0 Å². The number of fused-ring (bicyclic) bond motifs is 1. The van der Waals surface area contributed by atoms with Gasteiger partial charge in [0.1, 0.15) is 0 Å². The van der Waals surface area contributed by atoms with E-state index in [1.54, 1.807) is 25.1 Å². The van der Waals surface area contributed by atoms with Gasteiger partial charge in [0.25, 0.3) is 0 Å². The van der Waals surface area contributed by atoms with Gasteiger partial charge < -0.3 is 19.9 Å². The SMILES string of the molecule is Cc1c(CC(=O)Nc2cccc(Br)c2)c(=O)oc2c(O)c(O)ccc12. The van der Waals surface area contributed by atoms with Crippen LogP contribution in [0.1, 0.15) is 11.1 Å². The Morgan fingerprint density at radius 1 is 1.24 bits per heavy atom. The van der Waals surface area contributed by atoms with E-state index in [0.717, 1.165) is 4.47 Å². The number of amides is 1. The summed E-state index contributed by atoms with van der Waals surface area (Å²) in [6, 6.07) is 9.92. The van der Waals surface area contributed by atoms with Gasteiger partial charge in [-0.25, -0.2) is 4.79 Å². The molecule has 0 bridgehead atoms. The van der Waals surface area contributed by atoms with E-state index in [-0.39, 0.29) is 29.2 Å². The fourth-order valence-corrected chi connectivity index (χ4v) is 2.97. The number of anilines is 1. The molecule has 3 rings (SSSR count). The first kappa shape index (κ1) is 17.0. The number of phenolic OH excluding ortho intramolecular Hbond substituents is 2. The van der Waals surface area contributed by atoms with Gasteiger partial charge in [-0.2, -0.15) is 0 Å². The highest BCUT2D eigenvalue weighted by Gasteiger charge is 2.18. The summed E-state index contributed by atoms with van der Waals surface area (Å²) < 4.78 is 5.92. The van der Waals surface area contributed by atoms with Crippen LogP contribution in [0.25, 0.3) is 11.0 Å². The number of aryl methyl sites for hydroxylation is 1. The summed E-state index contributed by atoms with van der Waals surface area (Å²) in [4.78, 5) is 24.5. The average Bonchev–Trinajstić information content (AvgIpc) is 2.55. The van der Waals surface area contributed by atoms with E-state index < -0.39 is 11.4 Å². The molecular formula is C18H14BrNO5. The molecule has 0 unspecified atom stereocenters. The van der Waals surface area contributed by atoms with Gasteiger partial charge in [-0.1, -0.05) is 22.0 Å². The van der Waals surface area contributed by atoms with E-state index in [1.807, 2.05) is 6.07 Å². The Morgan fingerprint density at radius 3 is 2.72 bits per heavy atom. The van der Waals surface area contributed by atoms with Crippen LogP contribution in [0.3, 0.4) is 0 Å². The fourth-order valence-electron chi connectivity index (χ4n) is 2.57. The number of hydrogen-bond donors (Lipinski definition) is 3. The minimum Gasteiger partial charge on any atom is -0.504 e. The predicted molar refractivity (Wildman–Crippen MR) is 97.0 cm³/mol. The lowest BCUT2D eigenvalue weighted by Gasteiger charge is -2.10. The van der Waals surface area contributed by atoms with Crippen molar-refractivity contribution in [1.29, 1.82) is 0 Å². The molecule has 0 spiro atoms. The molecule has 6 nitrogen and oxygen atoms in total. The number of carbonyl (C=O) groups excluding carboxylic acids is 1. The molecule has 0 atom stereocenters. The quantitative estimate of drug-likeness (QED) is 0.459. The van der Waals surface area contributed by atoms with Crippen LogP contribution in [-0.2, 0) is 11.2 Å². The molecule has 1 heterocycles. The third kappa shape index (κ3) is 3.36. The van der Waals surface area contributed by atoms with Gasteiger partial charge in [0.15, 0.2) is 11.3 Å². The van der Waals surface area contributed by atoms with Gasteiger partial charge in [0.2, 0.25) is 11.7 Å². The van der Waals surface area contributed by atoms with E-state index in [2.05, 4.69) is 21.2 Å². The van der Waals surface area contributed by atoms with Crippen molar-refractivity contribution >= 4 is 38.5 Å². The van der Waals surface area contributed by atoms with E-state index in [1.165, 1.54) is 12.1 Å². The number of aromatic hydroxyl groups is 2. The van der Waals surface area contributed by atoms with E-state index >= 15 is 0 Å². The molecule has 1 aromatic heterocycles. The maximum Gasteiger partial charge on any atom is 0.340 e. The normalized spacial score (nSPS) is 10.8. The Hall–Kier alpha value is -2.80. The summed E-state index contributed by atoms with van der Waals surface area (Å²) in [6.07, 6.45) is -0.168. The number of rotatable bonds is 3. The van der Waals surface area contributed by atoms with Gasteiger partial charge >= 0.3 is 5.63 Å². The molecule has 3 N–H and O–H groups in total. The van der Waals surface area contributed by atoms with Gasteiger partial charge in [0.05, 0.1) is 12.0 Å². The lowest BCUT2D eigenvalue weighted by molar-refractivity contribution is -0.115. The number of halogens is 1. The standard InChI is InChI=1S/C18H14BrNO5/c1-9-12-5-6-14(21)16(23)17(12)25-18(24)13(9)8-15(22)20-11-4-2-3-10(19)7-11/h2-7,21,23H,8H2,1H3,(H,20,22). The molecule has 0 saturated carbocycles. The van der Waals surface area contributed by atoms with Crippen LogP contribution < -0.4 is 10.9 Å². The number of phenols is 2. The van der Waals surface area contributed by atoms with Crippen LogP contribution in [0.4, 0.5) is 5.69 Å². The second-order valence-electron chi connectivity index (χ2n) is 5.54. The molecule has 25 heavy (non-hydrogen) atoms. The van der Waals surface area contributed by atoms with Crippen molar-refractivity contribution in [3.05, 3.63) is 62.4 Å². The predicted octanol–water partition coefficient (Wildman–Crippen LogP) is 3.46. The van der Waals surface area contributed by atoms with Crippen LogP contribution in [0.2, 0.25) is 0 Å². The van der Waals surface area contributed by atoms with E-state index in [0.29, 0.717) is 16.6 Å². The monoisotopic (exact) mass is 403 g/mol. The van der Waals surface area contributed by atoms with Gasteiger partial charge in [-0.05, 0) is 42.8 Å². The highest BCUT2D eigenvalue weighted by atomic mass is 79.9. The zero-order valence-corrected chi connectivity index (χ0v) is 14.8. The third-order valence-corrected chi connectivity index (χ3v) is 4.35. The summed E-state index contributed by atoms with van der Waals surface area (Å²) >= 11 is 3.32. The number of hydrogen-bond acceptors (Lipinski definition) is 5. The maximum atomic E-state index is 12.3. The molecule has 1 amide bonds. The molecule has 0 aliphatic carbocycles. The Kier molecular flexibility index (Phi) is 4.50. The Labute approximate surface area is 150 Å². The molecule has 0 aliphatic rings. The highest BCUT2D eigenvalue weighted by molar-refractivity contribution is 9.10.